The highest BCUT2D eigenvalue weighted by atomic mass is 16.4. The first-order valence-corrected chi connectivity index (χ1v) is 3.40. The second-order valence-electron chi connectivity index (χ2n) is 2.75. The molecule has 4 N–H and O–H groups in total. The van der Waals surface area contributed by atoms with Crippen molar-refractivity contribution >= 4 is 0 Å². The van der Waals surface area contributed by atoms with Gasteiger partial charge in [-0.3, -0.25) is 0 Å². The van der Waals surface area contributed by atoms with Crippen molar-refractivity contribution in [3.05, 3.63) is 0 Å². The first-order chi connectivity index (χ1) is 4.63. The van der Waals surface area contributed by atoms with Gasteiger partial charge in [0.05, 0.1) is 12.2 Å². The largest absolute Gasteiger partial charge is 0.389 e. The van der Waals surface area contributed by atoms with Gasteiger partial charge in [0, 0.05) is 12.6 Å². The van der Waals surface area contributed by atoms with Crippen LogP contribution in [0, 0.1) is 0 Å². The van der Waals surface area contributed by atoms with E-state index in [2.05, 4.69) is 5.32 Å². The van der Waals surface area contributed by atoms with Gasteiger partial charge in [0.2, 0.25) is 0 Å². The minimum Gasteiger partial charge on any atom is -0.389 e. The molecule has 2 unspecified atom stereocenters. The Kier molecular flexibility index (Phi) is 2.25. The van der Waals surface area contributed by atoms with Crippen LogP contribution in [0.15, 0.2) is 0 Å². The van der Waals surface area contributed by atoms with Crippen molar-refractivity contribution in [2.24, 2.45) is 0 Å². The summed E-state index contributed by atoms with van der Waals surface area (Å²) in [6.07, 6.45) is -2.70. The van der Waals surface area contributed by atoms with Gasteiger partial charge in [0.15, 0.2) is 0 Å². The van der Waals surface area contributed by atoms with E-state index in [1.807, 2.05) is 0 Å². The van der Waals surface area contributed by atoms with E-state index in [4.69, 9.17) is 15.3 Å². The molecule has 0 radical (unpaired) electrons. The Hall–Kier alpha value is -0.160. The van der Waals surface area contributed by atoms with Crippen LogP contribution in [0.25, 0.3) is 0 Å². The molecule has 4 nitrogen and oxygen atoms in total. The summed E-state index contributed by atoms with van der Waals surface area (Å²) in [6.45, 7) is 2.11. The monoisotopic (exact) mass is 147 g/mol. The fraction of sp³-hybridized carbons (Fsp3) is 1.00. The van der Waals surface area contributed by atoms with E-state index in [9.17, 15) is 0 Å². The Morgan fingerprint density at radius 2 is 1.80 bits per heavy atom. The Bertz CT molecular complexity index is 106. The maximum atomic E-state index is 9.14. The van der Waals surface area contributed by atoms with Crippen LogP contribution in [0.1, 0.15) is 6.92 Å². The normalized spacial score (nSPS) is 49.2. The van der Waals surface area contributed by atoms with Crippen molar-refractivity contribution in [1.29, 1.82) is 0 Å². The molecule has 1 fully saturated rings. The molecule has 4 heteroatoms. The average molecular weight is 147 g/mol. The molecule has 0 amide bonds. The number of aliphatic hydroxyl groups is 3. The minimum atomic E-state index is -1.00. The molecule has 1 aliphatic heterocycles. The molecule has 1 aliphatic rings. The van der Waals surface area contributed by atoms with Crippen molar-refractivity contribution in [3.63, 3.8) is 0 Å². The Balaban J connectivity index is 2.52. The van der Waals surface area contributed by atoms with Crippen molar-refractivity contribution < 1.29 is 15.3 Å². The lowest BCUT2D eigenvalue weighted by atomic mass is 9.98. The summed E-state index contributed by atoms with van der Waals surface area (Å²) < 4.78 is 0. The van der Waals surface area contributed by atoms with Gasteiger partial charge >= 0.3 is 0 Å². The number of aliphatic hydroxyl groups excluding tert-OH is 3. The Morgan fingerprint density at radius 1 is 1.20 bits per heavy atom. The molecule has 4 atom stereocenters. The first kappa shape index (κ1) is 7.94. The molecule has 0 aliphatic carbocycles. The van der Waals surface area contributed by atoms with Crippen molar-refractivity contribution in [2.75, 3.05) is 6.54 Å². The molecular formula is C6H13NO3. The standard InChI is InChI=1S/C6H13NO3/c1-3-5(9)6(10)4(8)2-7-3/h3-10H,2H2,1H3/t3?,4-,5-,6?/m0/s1. The third kappa shape index (κ3) is 1.29. The number of rotatable bonds is 0. The highest BCUT2D eigenvalue weighted by Gasteiger charge is 2.33. The lowest BCUT2D eigenvalue weighted by Gasteiger charge is -2.33. The number of piperidine rings is 1. The highest BCUT2D eigenvalue weighted by Crippen LogP contribution is 2.09. The summed E-state index contributed by atoms with van der Waals surface area (Å²) in [7, 11) is 0. The average Bonchev–Trinajstić information content (AvgIpc) is 1.93. The maximum Gasteiger partial charge on any atom is 0.108 e. The third-order valence-corrected chi connectivity index (χ3v) is 1.91. The summed E-state index contributed by atoms with van der Waals surface area (Å²) in [4.78, 5) is 0. The predicted octanol–water partition coefficient (Wildman–Crippen LogP) is -1.94. The van der Waals surface area contributed by atoms with E-state index in [1.165, 1.54) is 0 Å². The number of nitrogens with one attached hydrogen (secondary N) is 1. The second kappa shape index (κ2) is 2.84. The quantitative estimate of drug-likeness (QED) is 0.322. The SMILES string of the molecule is CC1NC[C@H](O)C(O)[C@H]1O. The number of hydrogen-bond donors (Lipinski definition) is 4. The van der Waals surface area contributed by atoms with Crippen molar-refractivity contribution in [1.82, 2.24) is 5.32 Å². The zero-order valence-electron chi connectivity index (χ0n) is 5.86. The van der Waals surface area contributed by atoms with Crippen molar-refractivity contribution in [2.45, 2.75) is 31.3 Å². The van der Waals surface area contributed by atoms with Gasteiger partial charge in [-0.25, -0.2) is 0 Å². The van der Waals surface area contributed by atoms with Gasteiger partial charge in [-0.1, -0.05) is 0 Å². The van der Waals surface area contributed by atoms with E-state index < -0.39 is 18.3 Å². The first-order valence-electron chi connectivity index (χ1n) is 3.40. The van der Waals surface area contributed by atoms with Crippen LogP contribution in [-0.2, 0) is 0 Å². The van der Waals surface area contributed by atoms with Crippen molar-refractivity contribution in [3.8, 4) is 0 Å². The van der Waals surface area contributed by atoms with Gasteiger partial charge in [-0.05, 0) is 6.92 Å². The third-order valence-electron chi connectivity index (χ3n) is 1.91. The predicted molar refractivity (Wildman–Crippen MR) is 35.5 cm³/mol. The fourth-order valence-corrected chi connectivity index (χ4v) is 1.07. The molecule has 0 saturated carbocycles. The van der Waals surface area contributed by atoms with Gasteiger partial charge in [0.1, 0.15) is 6.10 Å². The number of hydrogen-bond acceptors (Lipinski definition) is 4. The summed E-state index contributed by atoms with van der Waals surface area (Å²) in [5, 5.41) is 30.1. The number of β-amino-alcohol motifs (C(OH)–C–C–N with tert-alkyl or cyclic N) is 1. The highest BCUT2D eigenvalue weighted by molar-refractivity contribution is 4.89. The molecule has 0 bridgehead atoms. The lowest BCUT2D eigenvalue weighted by Crippen LogP contribution is -2.58. The van der Waals surface area contributed by atoms with Crippen LogP contribution in [-0.4, -0.2) is 46.2 Å². The topological polar surface area (TPSA) is 72.7 Å². The van der Waals surface area contributed by atoms with Gasteiger partial charge in [-0.2, -0.15) is 0 Å². The van der Waals surface area contributed by atoms with Gasteiger partial charge < -0.3 is 20.6 Å². The Morgan fingerprint density at radius 3 is 2.30 bits per heavy atom. The van der Waals surface area contributed by atoms with Crippen LogP contribution in [0.3, 0.4) is 0 Å². The van der Waals surface area contributed by atoms with Crippen LogP contribution >= 0.6 is 0 Å². The molecule has 1 saturated heterocycles. The molecule has 10 heavy (non-hydrogen) atoms. The van der Waals surface area contributed by atoms with Crippen LogP contribution in [0.5, 0.6) is 0 Å². The van der Waals surface area contributed by atoms with E-state index in [1.54, 1.807) is 6.92 Å². The summed E-state index contributed by atoms with van der Waals surface area (Å²) >= 11 is 0. The molecular weight excluding hydrogens is 134 g/mol. The molecule has 0 aromatic carbocycles. The summed E-state index contributed by atoms with van der Waals surface area (Å²) in [5.41, 5.74) is 0. The fourth-order valence-electron chi connectivity index (χ4n) is 1.07. The zero-order valence-corrected chi connectivity index (χ0v) is 5.86. The molecule has 1 rings (SSSR count). The van der Waals surface area contributed by atoms with Gasteiger partial charge in [0.25, 0.3) is 0 Å². The van der Waals surface area contributed by atoms with Crippen LogP contribution < -0.4 is 5.32 Å². The molecule has 60 valence electrons. The van der Waals surface area contributed by atoms with E-state index in [0.717, 1.165) is 0 Å². The molecule has 0 aromatic rings. The van der Waals surface area contributed by atoms with Gasteiger partial charge in [-0.15, -0.1) is 0 Å². The zero-order chi connectivity index (χ0) is 7.72. The molecule has 1 heterocycles. The lowest BCUT2D eigenvalue weighted by molar-refractivity contribution is -0.0910. The Labute approximate surface area is 59.5 Å². The minimum absolute atomic E-state index is 0.140. The van der Waals surface area contributed by atoms with Crippen LogP contribution in [0.2, 0.25) is 0 Å². The van der Waals surface area contributed by atoms with Crippen LogP contribution in [0.4, 0.5) is 0 Å². The smallest absolute Gasteiger partial charge is 0.108 e. The maximum absolute atomic E-state index is 9.14. The summed E-state index contributed by atoms with van der Waals surface area (Å²) in [5.74, 6) is 0. The molecule has 0 spiro atoms. The van der Waals surface area contributed by atoms with E-state index in [-0.39, 0.29) is 6.04 Å². The van der Waals surface area contributed by atoms with E-state index in [0.29, 0.717) is 6.54 Å². The molecule has 0 aromatic heterocycles. The van der Waals surface area contributed by atoms with E-state index >= 15 is 0 Å². The summed E-state index contributed by atoms with van der Waals surface area (Å²) in [6, 6.07) is -0.140. The second-order valence-corrected chi connectivity index (χ2v) is 2.75.